The summed E-state index contributed by atoms with van der Waals surface area (Å²) in [7, 11) is 0. The van der Waals surface area contributed by atoms with Crippen LogP contribution in [0.3, 0.4) is 0 Å². The molecule has 286 valence electrons. The molecule has 0 saturated heterocycles. The highest BCUT2D eigenvalue weighted by Gasteiger charge is 2.24. The number of anilines is 3. The highest BCUT2D eigenvalue weighted by molar-refractivity contribution is 7.25. The first-order valence-electron chi connectivity index (χ1n) is 20.5. The van der Waals surface area contributed by atoms with E-state index in [9.17, 15) is 0 Å². The van der Waals surface area contributed by atoms with E-state index in [1.54, 1.807) is 0 Å². The molecule has 1 N–H and O–H groups in total. The molecule has 0 radical (unpaired) electrons. The third-order valence-electron chi connectivity index (χ3n) is 11.6. The maximum atomic E-state index is 5.32. The van der Waals surface area contributed by atoms with Gasteiger partial charge in [-0.25, -0.2) is 9.98 Å². The lowest BCUT2D eigenvalue weighted by atomic mass is 9.90. The first kappa shape index (κ1) is 35.8. The number of allylic oxidation sites excluding steroid dienone is 4. The fourth-order valence-electron chi connectivity index (χ4n) is 8.69. The van der Waals surface area contributed by atoms with Gasteiger partial charge in [0, 0.05) is 59.8 Å². The first-order valence-corrected chi connectivity index (χ1v) is 21.4. The molecule has 1 aliphatic heterocycles. The summed E-state index contributed by atoms with van der Waals surface area (Å²) >= 11 is 1.83. The van der Waals surface area contributed by atoms with Crippen molar-refractivity contribution < 1.29 is 0 Å². The molecule has 2 unspecified atom stereocenters. The number of aliphatic imine (C=N–C) groups is 2. The van der Waals surface area contributed by atoms with Crippen molar-refractivity contribution in [1.29, 1.82) is 0 Å². The molecule has 5 heteroatoms. The summed E-state index contributed by atoms with van der Waals surface area (Å²) in [6.45, 7) is 0. The van der Waals surface area contributed by atoms with E-state index in [1.807, 2.05) is 17.4 Å². The predicted molar refractivity (Wildman–Crippen MR) is 254 cm³/mol. The third-order valence-corrected chi connectivity index (χ3v) is 12.8. The van der Waals surface area contributed by atoms with Gasteiger partial charge >= 0.3 is 0 Å². The molecular formula is C55H40N4S. The Morgan fingerprint density at radius 2 is 1.18 bits per heavy atom. The van der Waals surface area contributed by atoms with Gasteiger partial charge < -0.3 is 10.2 Å². The van der Waals surface area contributed by atoms with E-state index in [4.69, 9.17) is 9.98 Å². The largest absolute Gasteiger partial charge is 0.324 e. The lowest BCUT2D eigenvalue weighted by Crippen LogP contribution is -2.36. The van der Waals surface area contributed by atoms with Crippen molar-refractivity contribution in [2.24, 2.45) is 9.98 Å². The zero-order valence-corrected chi connectivity index (χ0v) is 33.6. The Balaban J connectivity index is 0.964. The van der Waals surface area contributed by atoms with Crippen LogP contribution in [0.4, 0.5) is 17.1 Å². The Hall–Kier alpha value is -7.34. The average molecular weight is 789 g/mol. The summed E-state index contributed by atoms with van der Waals surface area (Å²) < 4.78 is 2.47. The van der Waals surface area contributed by atoms with Gasteiger partial charge in [-0.05, 0) is 82.4 Å². The molecule has 0 fully saturated rings. The van der Waals surface area contributed by atoms with Crippen LogP contribution in [0.5, 0.6) is 0 Å². The van der Waals surface area contributed by atoms with Crippen LogP contribution in [0.1, 0.15) is 40.8 Å². The Bertz CT molecular complexity index is 3160. The van der Waals surface area contributed by atoms with Crippen molar-refractivity contribution in [2.75, 3.05) is 4.90 Å². The Morgan fingerprint density at radius 1 is 0.500 bits per heavy atom. The number of nitrogens with zero attached hydrogens (tertiary/aromatic N) is 3. The summed E-state index contributed by atoms with van der Waals surface area (Å²) in [5.74, 6) is 1.97. The molecule has 0 bridgehead atoms. The van der Waals surface area contributed by atoms with E-state index >= 15 is 0 Å². The maximum Gasteiger partial charge on any atom is 0.170 e. The molecule has 0 amide bonds. The molecule has 1 aromatic heterocycles. The Labute approximate surface area is 353 Å². The van der Waals surface area contributed by atoms with Gasteiger partial charge in [-0.2, -0.15) is 0 Å². The topological polar surface area (TPSA) is 40.0 Å². The maximum absolute atomic E-state index is 5.32. The molecule has 2 atom stereocenters. The number of hydrogen-bond acceptors (Lipinski definition) is 5. The van der Waals surface area contributed by atoms with E-state index in [0.717, 1.165) is 46.2 Å². The van der Waals surface area contributed by atoms with E-state index in [2.05, 4.69) is 217 Å². The van der Waals surface area contributed by atoms with Crippen LogP contribution in [0.2, 0.25) is 0 Å². The second kappa shape index (κ2) is 15.4. The number of para-hydroxylation sites is 2. The standard InChI is InChI=1S/C55H40N4S/c1-4-16-39(17-5-1)46-23-12-13-25-49(46)59(44-21-8-3-9-22-44)45-32-29-38(30-33-45)42-31-34-47-51(36-42)60-50-26-14-24-48(52(47)50)55-57-53(40-18-6-2-7-19-40)56-54(58-55)43-28-27-37-15-10-11-20-41(37)35-43/h1-16,18-36,39,55H,17H2,(H,56,57,58). The van der Waals surface area contributed by atoms with Crippen LogP contribution in [0.25, 0.3) is 42.1 Å². The Kier molecular flexibility index (Phi) is 9.21. The summed E-state index contributed by atoms with van der Waals surface area (Å²) in [5.41, 5.74) is 10.3. The minimum Gasteiger partial charge on any atom is -0.324 e. The number of hydrogen-bond donors (Lipinski definition) is 1. The molecule has 2 heterocycles. The molecule has 2 aliphatic rings. The SMILES string of the molecule is C1=CCC(c2ccccc2N(c2ccccc2)c2ccc(-c3ccc4c(c3)sc3cccc(C5N=C(c6ccccc6)NC(c6ccc7ccccc7c6)=N5)c34)cc2)C=C1. The van der Waals surface area contributed by atoms with Crippen molar-refractivity contribution >= 4 is 71.0 Å². The lowest BCUT2D eigenvalue weighted by Gasteiger charge is -2.30. The monoisotopic (exact) mass is 788 g/mol. The summed E-state index contributed by atoms with van der Waals surface area (Å²) in [6, 6.07) is 67.4. The van der Waals surface area contributed by atoms with Crippen LogP contribution < -0.4 is 10.2 Å². The Morgan fingerprint density at radius 3 is 2.00 bits per heavy atom. The number of benzene rings is 8. The van der Waals surface area contributed by atoms with Crippen molar-refractivity contribution in [3.05, 3.63) is 235 Å². The van der Waals surface area contributed by atoms with Gasteiger partial charge in [-0.1, -0.05) is 164 Å². The van der Waals surface area contributed by atoms with Crippen LogP contribution in [-0.2, 0) is 0 Å². The van der Waals surface area contributed by atoms with Crippen LogP contribution in [-0.4, -0.2) is 11.7 Å². The van der Waals surface area contributed by atoms with Crippen LogP contribution in [0, 0.1) is 0 Å². The predicted octanol–water partition coefficient (Wildman–Crippen LogP) is 14.4. The summed E-state index contributed by atoms with van der Waals surface area (Å²) in [6.07, 6.45) is 9.47. The molecule has 8 aromatic carbocycles. The second-order valence-corrected chi connectivity index (χ2v) is 16.4. The lowest BCUT2D eigenvalue weighted by molar-refractivity contribution is 0.763. The smallest absolute Gasteiger partial charge is 0.170 e. The van der Waals surface area contributed by atoms with E-state index < -0.39 is 6.17 Å². The number of fused-ring (bicyclic) bond motifs is 4. The van der Waals surface area contributed by atoms with Crippen molar-refractivity contribution in [1.82, 2.24) is 5.32 Å². The second-order valence-electron chi connectivity index (χ2n) is 15.3. The van der Waals surface area contributed by atoms with Crippen LogP contribution in [0.15, 0.2) is 222 Å². The fraction of sp³-hybridized carbons (Fsp3) is 0.0545. The van der Waals surface area contributed by atoms with E-state index in [0.29, 0.717) is 5.92 Å². The van der Waals surface area contributed by atoms with Crippen molar-refractivity contribution in [2.45, 2.75) is 18.5 Å². The summed E-state index contributed by atoms with van der Waals surface area (Å²) in [5, 5.41) is 8.42. The molecule has 0 saturated carbocycles. The normalized spacial score (nSPS) is 16.1. The zero-order chi connectivity index (χ0) is 39.8. The van der Waals surface area contributed by atoms with Crippen LogP contribution >= 0.6 is 11.3 Å². The van der Waals surface area contributed by atoms with Crippen molar-refractivity contribution in [3.63, 3.8) is 0 Å². The molecular weight excluding hydrogens is 749 g/mol. The number of nitrogens with one attached hydrogen (secondary N) is 1. The minimum absolute atomic E-state index is 0.330. The van der Waals surface area contributed by atoms with Gasteiger partial charge in [0.2, 0.25) is 0 Å². The fourth-order valence-corrected chi connectivity index (χ4v) is 9.87. The molecule has 0 spiro atoms. The third kappa shape index (κ3) is 6.69. The van der Waals surface area contributed by atoms with Gasteiger partial charge in [0.05, 0.1) is 0 Å². The zero-order valence-electron chi connectivity index (χ0n) is 32.8. The van der Waals surface area contributed by atoms with Gasteiger partial charge in [0.25, 0.3) is 0 Å². The molecule has 60 heavy (non-hydrogen) atoms. The highest BCUT2D eigenvalue weighted by atomic mass is 32.1. The quantitative estimate of drug-likeness (QED) is 0.167. The van der Waals surface area contributed by atoms with Crippen molar-refractivity contribution in [3.8, 4) is 11.1 Å². The number of thiophene rings is 1. The summed E-state index contributed by atoms with van der Waals surface area (Å²) in [4.78, 5) is 13.0. The van der Waals surface area contributed by atoms with Gasteiger partial charge in [-0.15, -0.1) is 11.3 Å². The van der Waals surface area contributed by atoms with Gasteiger partial charge in [0.15, 0.2) is 6.17 Å². The number of amidine groups is 2. The van der Waals surface area contributed by atoms with E-state index in [-0.39, 0.29) is 0 Å². The van der Waals surface area contributed by atoms with Gasteiger partial charge in [0.1, 0.15) is 11.7 Å². The minimum atomic E-state index is -0.417. The highest BCUT2D eigenvalue weighted by Crippen LogP contribution is 2.44. The number of rotatable bonds is 8. The average Bonchev–Trinajstić information content (AvgIpc) is 3.71. The molecule has 11 rings (SSSR count). The van der Waals surface area contributed by atoms with Gasteiger partial charge in [-0.3, -0.25) is 0 Å². The first-order chi connectivity index (χ1) is 29.7. The molecule has 4 nitrogen and oxygen atoms in total. The van der Waals surface area contributed by atoms with E-state index in [1.165, 1.54) is 53.3 Å². The molecule has 1 aliphatic carbocycles. The molecule has 9 aromatic rings.